The molecule has 0 spiro atoms. The molecule has 1 aromatic heterocycles. The molecule has 1 fully saturated rings. The number of halogens is 1. The van der Waals surface area contributed by atoms with E-state index in [9.17, 15) is 4.79 Å². The molecule has 1 N–H and O–H groups in total. The maximum absolute atomic E-state index is 12.4. The minimum atomic E-state index is -0.335. The van der Waals surface area contributed by atoms with Gasteiger partial charge in [-0.2, -0.15) is 9.78 Å². The fraction of sp³-hybridized carbons (Fsp3) is 0.375. The second kappa shape index (κ2) is 6.10. The van der Waals surface area contributed by atoms with Gasteiger partial charge in [-0.3, -0.25) is 4.79 Å². The number of anilines is 1. The van der Waals surface area contributed by atoms with Gasteiger partial charge in [-0.1, -0.05) is 29.8 Å². The van der Waals surface area contributed by atoms with Crippen LogP contribution in [0.1, 0.15) is 19.3 Å². The summed E-state index contributed by atoms with van der Waals surface area (Å²) < 4.78 is 6.84. The van der Waals surface area contributed by atoms with Crippen LogP contribution in [-0.2, 0) is 4.74 Å². The number of para-hydroxylation sites is 1. The first kappa shape index (κ1) is 15.1. The summed E-state index contributed by atoms with van der Waals surface area (Å²) in [5.41, 5.74) is 0.755. The Morgan fingerprint density at radius 3 is 2.68 bits per heavy atom. The summed E-state index contributed by atoms with van der Waals surface area (Å²) in [4.78, 5) is 12.4. The van der Waals surface area contributed by atoms with E-state index in [2.05, 4.69) is 10.4 Å². The van der Waals surface area contributed by atoms with Gasteiger partial charge in [0.25, 0.3) is 5.56 Å². The van der Waals surface area contributed by atoms with Crippen LogP contribution in [0.5, 0.6) is 0 Å². The van der Waals surface area contributed by atoms with Crippen LogP contribution in [0.3, 0.4) is 0 Å². The summed E-state index contributed by atoms with van der Waals surface area (Å²) in [7, 11) is 1.72. The third kappa shape index (κ3) is 2.74. The predicted octanol–water partition coefficient (Wildman–Crippen LogP) is 2.87. The molecule has 0 radical (unpaired) electrons. The molecule has 1 aliphatic rings. The van der Waals surface area contributed by atoms with Crippen molar-refractivity contribution in [3.05, 3.63) is 51.9 Å². The Balaban J connectivity index is 1.83. The molecular formula is C16H18ClN3O2. The molecule has 1 aromatic carbocycles. The zero-order valence-electron chi connectivity index (χ0n) is 12.4. The van der Waals surface area contributed by atoms with E-state index in [0.29, 0.717) is 17.9 Å². The van der Waals surface area contributed by atoms with Gasteiger partial charge in [-0.25, -0.2) is 0 Å². The van der Waals surface area contributed by atoms with Crippen molar-refractivity contribution in [3.8, 4) is 5.69 Å². The van der Waals surface area contributed by atoms with Crippen molar-refractivity contribution in [2.75, 3.05) is 19.0 Å². The van der Waals surface area contributed by atoms with Gasteiger partial charge in [0.2, 0.25) is 0 Å². The number of nitrogens with one attached hydrogen (secondary N) is 1. The zero-order chi connectivity index (χ0) is 15.6. The predicted molar refractivity (Wildman–Crippen MR) is 86.9 cm³/mol. The van der Waals surface area contributed by atoms with E-state index in [1.165, 1.54) is 4.68 Å². The van der Waals surface area contributed by atoms with E-state index in [-0.39, 0.29) is 16.2 Å². The number of ether oxygens (including phenoxy) is 1. The van der Waals surface area contributed by atoms with Crippen molar-refractivity contribution < 1.29 is 4.74 Å². The van der Waals surface area contributed by atoms with Crippen molar-refractivity contribution in [2.24, 2.45) is 0 Å². The van der Waals surface area contributed by atoms with Crippen molar-refractivity contribution in [1.82, 2.24) is 9.78 Å². The van der Waals surface area contributed by atoms with E-state index in [0.717, 1.165) is 19.3 Å². The Morgan fingerprint density at radius 2 is 2.09 bits per heavy atom. The van der Waals surface area contributed by atoms with Gasteiger partial charge in [-0.05, 0) is 31.4 Å². The minimum absolute atomic E-state index is 0.141. The van der Waals surface area contributed by atoms with Gasteiger partial charge in [-0.15, -0.1) is 0 Å². The van der Waals surface area contributed by atoms with Crippen molar-refractivity contribution >= 4 is 17.3 Å². The minimum Gasteiger partial charge on any atom is -0.379 e. The highest BCUT2D eigenvalue weighted by Gasteiger charge is 2.36. The average molecular weight is 320 g/mol. The van der Waals surface area contributed by atoms with Gasteiger partial charge in [0.05, 0.1) is 23.2 Å². The second-order valence-electron chi connectivity index (χ2n) is 5.52. The van der Waals surface area contributed by atoms with E-state index < -0.39 is 0 Å². The van der Waals surface area contributed by atoms with Crippen LogP contribution in [0.4, 0.5) is 5.69 Å². The number of nitrogens with zero attached hydrogens (tertiary/aromatic N) is 2. The molecule has 0 saturated heterocycles. The Kier molecular flexibility index (Phi) is 4.18. The monoisotopic (exact) mass is 319 g/mol. The topological polar surface area (TPSA) is 56.1 Å². The highest BCUT2D eigenvalue weighted by atomic mass is 35.5. The SMILES string of the molecule is COC1(CNc2cnn(-c3ccccc3)c(=O)c2Cl)CCC1. The van der Waals surface area contributed by atoms with Crippen LogP contribution in [0, 0.1) is 0 Å². The number of rotatable bonds is 5. The summed E-state index contributed by atoms with van der Waals surface area (Å²) in [6, 6.07) is 9.21. The third-order valence-electron chi connectivity index (χ3n) is 4.22. The summed E-state index contributed by atoms with van der Waals surface area (Å²) >= 11 is 6.20. The van der Waals surface area contributed by atoms with Crippen LogP contribution in [0.2, 0.25) is 5.02 Å². The highest BCUT2D eigenvalue weighted by Crippen LogP contribution is 2.35. The van der Waals surface area contributed by atoms with E-state index in [4.69, 9.17) is 16.3 Å². The zero-order valence-corrected chi connectivity index (χ0v) is 13.1. The molecule has 1 saturated carbocycles. The molecule has 6 heteroatoms. The van der Waals surface area contributed by atoms with Crippen LogP contribution in [-0.4, -0.2) is 29.0 Å². The van der Waals surface area contributed by atoms with Gasteiger partial charge in [0.15, 0.2) is 0 Å². The maximum Gasteiger partial charge on any atom is 0.292 e. The van der Waals surface area contributed by atoms with Crippen LogP contribution >= 0.6 is 11.6 Å². The Bertz CT molecular complexity index is 706. The lowest BCUT2D eigenvalue weighted by Crippen LogP contribution is -2.45. The van der Waals surface area contributed by atoms with Gasteiger partial charge in [0, 0.05) is 13.7 Å². The van der Waals surface area contributed by atoms with Crippen molar-refractivity contribution in [3.63, 3.8) is 0 Å². The number of methoxy groups -OCH3 is 1. The number of benzene rings is 1. The number of hydrogen-bond donors (Lipinski definition) is 1. The van der Waals surface area contributed by atoms with E-state index in [1.807, 2.05) is 30.3 Å². The Morgan fingerprint density at radius 1 is 1.36 bits per heavy atom. The van der Waals surface area contributed by atoms with Crippen LogP contribution < -0.4 is 10.9 Å². The molecule has 2 aromatic rings. The van der Waals surface area contributed by atoms with E-state index >= 15 is 0 Å². The van der Waals surface area contributed by atoms with Gasteiger partial charge >= 0.3 is 0 Å². The number of hydrogen-bond acceptors (Lipinski definition) is 4. The summed E-state index contributed by atoms with van der Waals surface area (Å²) in [6.07, 6.45) is 4.78. The lowest BCUT2D eigenvalue weighted by atomic mass is 9.80. The molecule has 5 nitrogen and oxygen atoms in total. The highest BCUT2D eigenvalue weighted by molar-refractivity contribution is 6.32. The van der Waals surface area contributed by atoms with Gasteiger partial charge in [0.1, 0.15) is 5.02 Å². The van der Waals surface area contributed by atoms with Gasteiger partial charge < -0.3 is 10.1 Å². The lowest BCUT2D eigenvalue weighted by molar-refractivity contribution is -0.0601. The molecule has 1 heterocycles. The Hall–Kier alpha value is -1.85. The van der Waals surface area contributed by atoms with Crippen molar-refractivity contribution in [1.29, 1.82) is 0 Å². The van der Waals surface area contributed by atoms with Crippen LogP contribution in [0.25, 0.3) is 5.69 Å². The summed E-state index contributed by atoms with van der Waals surface area (Å²) in [5, 5.41) is 7.53. The first-order valence-electron chi connectivity index (χ1n) is 7.27. The van der Waals surface area contributed by atoms with Crippen molar-refractivity contribution in [2.45, 2.75) is 24.9 Å². The lowest BCUT2D eigenvalue weighted by Gasteiger charge is -2.40. The second-order valence-corrected chi connectivity index (χ2v) is 5.90. The largest absolute Gasteiger partial charge is 0.379 e. The molecular weight excluding hydrogens is 302 g/mol. The average Bonchev–Trinajstić information content (AvgIpc) is 2.51. The van der Waals surface area contributed by atoms with E-state index in [1.54, 1.807) is 13.3 Å². The molecule has 3 rings (SSSR count). The molecule has 0 amide bonds. The Labute approximate surface area is 133 Å². The summed E-state index contributed by atoms with van der Waals surface area (Å²) in [6.45, 7) is 0.625. The fourth-order valence-electron chi connectivity index (χ4n) is 2.59. The first-order valence-corrected chi connectivity index (χ1v) is 7.65. The smallest absolute Gasteiger partial charge is 0.292 e. The first-order chi connectivity index (χ1) is 10.7. The molecule has 0 unspecified atom stereocenters. The summed E-state index contributed by atoms with van der Waals surface area (Å²) in [5.74, 6) is 0. The van der Waals surface area contributed by atoms with Crippen LogP contribution in [0.15, 0.2) is 41.3 Å². The number of aromatic nitrogens is 2. The molecule has 22 heavy (non-hydrogen) atoms. The maximum atomic E-state index is 12.4. The third-order valence-corrected chi connectivity index (χ3v) is 4.58. The normalized spacial score (nSPS) is 16.1. The molecule has 0 aliphatic heterocycles. The molecule has 1 aliphatic carbocycles. The quantitative estimate of drug-likeness (QED) is 0.920. The molecule has 0 atom stereocenters. The molecule has 0 bridgehead atoms. The fourth-order valence-corrected chi connectivity index (χ4v) is 2.79. The molecule has 116 valence electrons. The standard InChI is InChI=1S/C16H18ClN3O2/c1-22-16(8-5-9-16)11-18-13-10-19-20(15(21)14(13)17)12-6-3-2-4-7-12/h2-4,6-7,10,18H,5,8-9,11H2,1H3.